The summed E-state index contributed by atoms with van der Waals surface area (Å²) in [4.78, 5) is 11.3. The number of piperidine rings is 1. The molecule has 1 aromatic carbocycles. The molecule has 2 aromatic rings. The van der Waals surface area contributed by atoms with Gasteiger partial charge < -0.3 is 10.2 Å². The van der Waals surface area contributed by atoms with Crippen LogP contribution in [0.15, 0.2) is 53.7 Å². The van der Waals surface area contributed by atoms with E-state index in [0.717, 1.165) is 37.7 Å². The molecule has 4 nitrogen and oxygen atoms in total. The van der Waals surface area contributed by atoms with E-state index in [1.165, 1.54) is 17.5 Å². The fraction of sp³-hybridized carbons (Fsp3) is 0.455. The highest BCUT2D eigenvalue weighted by Crippen LogP contribution is 2.32. The topological polar surface area (TPSA) is 40.5 Å². The Morgan fingerprint density at radius 2 is 2.00 bits per heavy atom. The first kappa shape index (κ1) is 21.7. The summed E-state index contributed by atoms with van der Waals surface area (Å²) in [5, 5.41) is 3.53. The predicted octanol–water partition coefficient (Wildman–Crippen LogP) is 4.25. The number of guanidine groups is 1. The van der Waals surface area contributed by atoms with E-state index < -0.39 is 0 Å². The number of nitrogens with zero attached hydrogens (tertiary/aromatic N) is 3. The van der Waals surface area contributed by atoms with Gasteiger partial charge in [-0.1, -0.05) is 43.3 Å². The smallest absolute Gasteiger partial charge is 0.193 e. The van der Waals surface area contributed by atoms with Crippen LogP contribution in [0.25, 0.3) is 0 Å². The number of hydrogen-bond donors (Lipinski definition) is 1. The number of hydrogen-bond acceptors (Lipinski definition) is 2. The monoisotopic (exact) mass is 478 g/mol. The lowest BCUT2D eigenvalue weighted by Crippen LogP contribution is -2.48. The first-order valence-electron chi connectivity index (χ1n) is 9.59. The van der Waals surface area contributed by atoms with Gasteiger partial charge in [0.1, 0.15) is 0 Å². The number of aliphatic imine (C=N–C) groups is 1. The van der Waals surface area contributed by atoms with Crippen molar-refractivity contribution in [3.8, 4) is 0 Å². The zero-order valence-corrected chi connectivity index (χ0v) is 18.9. The standard InChI is InChI=1S/C22H30N4.HI/c1-17-16-26(14-12-21(17)20-7-5-4-6-8-20)22(23-3)24-13-11-19-10-9-18(2)25-15-19;/h4-10,15,17,21H,11-14,16H2,1-3H3,(H,23,24);1H. The van der Waals surface area contributed by atoms with E-state index in [1.54, 1.807) is 0 Å². The average Bonchev–Trinajstić information content (AvgIpc) is 2.67. The molecule has 1 aromatic heterocycles. The van der Waals surface area contributed by atoms with E-state index in [2.05, 4.69) is 69.6 Å². The molecule has 5 heteroatoms. The van der Waals surface area contributed by atoms with Crippen molar-refractivity contribution >= 4 is 29.9 Å². The van der Waals surface area contributed by atoms with Crippen molar-refractivity contribution in [3.05, 3.63) is 65.5 Å². The summed E-state index contributed by atoms with van der Waals surface area (Å²) in [6.45, 7) is 7.35. The Bertz CT molecular complexity index is 715. The van der Waals surface area contributed by atoms with Gasteiger partial charge in [0.2, 0.25) is 0 Å². The Morgan fingerprint density at radius 3 is 2.63 bits per heavy atom. The molecular formula is C22H31IN4. The predicted molar refractivity (Wildman–Crippen MR) is 124 cm³/mol. The highest BCUT2D eigenvalue weighted by Gasteiger charge is 2.28. The number of nitrogens with one attached hydrogen (secondary N) is 1. The lowest BCUT2D eigenvalue weighted by molar-refractivity contribution is 0.234. The minimum Gasteiger partial charge on any atom is -0.356 e. The van der Waals surface area contributed by atoms with Crippen molar-refractivity contribution < 1.29 is 0 Å². The second kappa shape index (κ2) is 10.6. The molecule has 1 saturated heterocycles. The minimum absolute atomic E-state index is 0. The molecular weight excluding hydrogens is 447 g/mol. The molecule has 2 unspecified atom stereocenters. The molecule has 2 atom stereocenters. The Morgan fingerprint density at radius 1 is 1.22 bits per heavy atom. The highest BCUT2D eigenvalue weighted by atomic mass is 127. The average molecular weight is 478 g/mol. The molecule has 27 heavy (non-hydrogen) atoms. The summed E-state index contributed by atoms with van der Waals surface area (Å²) in [5.41, 5.74) is 3.79. The fourth-order valence-corrected chi connectivity index (χ4v) is 3.83. The summed E-state index contributed by atoms with van der Waals surface area (Å²) in [6, 6.07) is 15.1. The first-order chi connectivity index (χ1) is 12.7. The Hall–Kier alpha value is -1.63. The summed E-state index contributed by atoms with van der Waals surface area (Å²) in [7, 11) is 1.88. The summed E-state index contributed by atoms with van der Waals surface area (Å²) >= 11 is 0. The fourth-order valence-electron chi connectivity index (χ4n) is 3.83. The number of aromatic nitrogens is 1. The molecule has 1 aliphatic rings. The second-order valence-corrected chi connectivity index (χ2v) is 7.26. The molecule has 0 aliphatic carbocycles. The van der Waals surface area contributed by atoms with Crippen LogP contribution in [0.4, 0.5) is 0 Å². The van der Waals surface area contributed by atoms with E-state index in [4.69, 9.17) is 0 Å². The SMILES string of the molecule is CN=C(NCCc1ccc(C)nc1)N1CCC(c2ccccc2)C(C)C1.I. The zero-order chi connectivity index (χ0) is 18.4. The van der Waals surface area contributed by atoms with Crippen molar-refractivity contribution in [2.24, 2.45) is 10.9 Å². The van der Waals surface area contributed by atoms with Crippen LogP contribution in [0.2, 0.25) is 0 Å². The van der Waals surface area contributed by atoms with Crippen molar-refractivity contribution in [1.29, 1.82) is 0 Å². The van der Waals surface area contributed by atoms with Gasteiger partial charge >= 0.3 is 0 Å². The van der Waals surface area contributed by atoms with Crippen LogP contribution < -0.4 is 5.32 Å². The quantitative estimate of drug-likeness (QED) is 0.406. The van der Waals surface area contributed by atoms with Gasteiger partial charge in [0.05, 0.1) is 0 Å². The maximum atomic E-state index is 4.51. The van der Waals surface area contributed by atoms with Gasteiger partial charge in [0, 0.05) is 38.6 Å². The van der Waals surface area contributed by atoms with Crippen LogP contribution in [0, 0.1) is 12.8 Å². The molecule has 0 radical (unpaired) electrons. The van der Waals surface area contributed by atoms with Crippen molar-refractivity contribution in [3.63, 3.8) is 0 Å². The lowest BCUT2D eigenvalue weighted by Gasteiger charge is -2.39. The van der Waals surface area contributed by atoms with Gasteiger partial charge in [0.25, 0.3) is 0 Å². The molecule has 0 bridgehead atoms. The number of pyridine rings is 1. The third-order valence-corrected chi connectivity index (χ3v) is 5.31. The van der Waals surface area contributed by atoms with Gasteiger partial charge in [-0.3, -0.25) is 9.98 Å². The third-order valence-electron chi connectivity index (χ3n) is 5.31. The van der Waals surface area contributed by atoms with E-state index in [-0.39, 0.29) is 24.0 Å². The molecule has 1 N–H and O–H groups in total. The van der Waals surface area contributed by atoms with Crippen molar-refractivity contribution in [1.82, 2.24) is 15.2 Å². The van der Waals surface area contributed by atoms with Gasteiger partial charge in [-0.15, -0.1) is 24.0 Å². The highest BCUT2D eigenvalue weighted by molar-refractivity contribution is 14.0. The number of halogens is 1. The molecule has 0 saturated carbocycles. The molecule has 0 spiro atoms. The van der Waals surface area contributed by atoms with Crippen molar-refractivity contribution in [2.75, 3.05) is 26.7 Å². The normalized spacial score (nSPS) is 20.1. The van der Waals surface area contributed by atoms with Crippen LogP contribution in [0.5, 0.6) is 0 Å². The Kier molecular flexibility index (Phi) is 8.54. The van der Waals surface area contributed by atoms with Crippen LogP contribution in [-0.4, -0.2) is 42.5 Å². The van der Waals surface area contributed by atoms with Crippen LogP contribution >= 0.6 is 24.0 Å². The summed E-state index contributed by atoms with van der Waals surface area (Å²) in [6.07, 6.45) is 4.10. The molecule has 1 fully saturated rings. The number of rotatable bonds is 4. The second-order valence-electron chi connectivity index (χ2n) is 7.26. The molecule has 3 rings (SSSR count). The first-order valence-corrected chi connectivity index (χ1v) is 9.59. The third kappa shape index (κ3) is 5.92. The maximum Gasteiger partial charge on any atom is 0.193 e. The van der Waals surface area contributed by atoms with E-state index >= 15 is 0 Å². The number of aryl methyl sites for hydroxylation is 1. The van der Waals surface area contributed by atoms with E-state index in [1.807, 2.05) is 20.2 Å². The van der Waals surface area contributed by atoms with E-state index in [9.17, 15) is 0 Å². The molecule has 1 aliphatic heterocycles. The molecule has 0 amide bonds. The molecule has 2 heterocycles. The largest absolute Gasteiger partial charge is 0.356 e. The Labute approximate surface area is 180 Å². The van der Waals surface area contributed by atoms with Crippen LogP contribution in [0.1, 0.15) is 36.1 Å². The zero-order valence-electron chi connectivity index (χ0n) is 16.6. The van der Waals surface area contributed by atoms with Gasteiger partial charge in [-0.2, -0.15) is 0 Å². The summed E-state index contributed by atoms with van der Waals surface area (Å²) < 4.78 is 0. The lowest BCUT2D eigenvalue weighted by atomic mass is 9.82. The summed E-state index contributed by atoms with van der Waals surface area (Å²) in [5.74, 6) is 2.28. The van der Waals surface area contributed by atoms with Crippen LogP contribution in [0.3, 0.4) is 0 Å². The van der Waals surface area contributed by atoms with Gasteiger partial charge in [0.15, 0.2) is 5.96 Å². The van der Waals surface area contributed by atoms with Crippen molar-refractivity contribution in [2.45, 2.75) is 32.6 Å². The molecule has 146 valence electrons. The number of likely N-dealkylation sites (tertiary alicyclic amines) is 1. The van der Waals surface area contributed by atoms with E-state index in [0.29, 0.717) is 11.8 Å². The van der Waals surface area contributed by atoms with Gasteiger partial charge in [-0.05, 0) is 48.8 Å². The van der Waals surface area contributed by atoms with Gasteiger partial charge in [-0.25, -0.2) is 0 Å². The number of benzene rings is 1. The minimum atomic E-state index is 0. The van der Waals surface area contributed by atoms with Crippen LogP contribution in [-0.2, 0) is 6.42 Å². The maximum absolute atomic E-state index is 4.51. The Balaban J connectivity index is 0.00000261.